The van der Waals surface area contributed by atoms with Gasteiger partial charge in [-0.15, -0.1) is 0 Å². The van der Waals surface area contributed by atoms with Gasteiger partial charge in [-0.1, -0.05) is 24.3 Å². The summed E-state index contributed by atoms with van der Waals surface area (Å²) in [7, 11) is 0. The second-order valence-electron chi connectivity index (χ2n) is 6.03. The van der Waals surface area contributed by atoms with Gasteiger partial charge in [0.2, 0.25) is 0 Å². The van der Waals surface area contributed by atoms with Crippen molar-refractivity contribution in [2.24, 2.45) is 0 Å². The smallest absolute Gasteiger partial charge is 0.331 e. The highest BCUT2D eigenvalue weighted by Crippen LogP contribution is 2.30. The van der Waals surface area contributed by atoms with Gasteiger partial charge in [-0.3, -0.25) is 4.98 Å². The van der Waals surface area contributed by atoms with Gasteiger partial charge in [0.05, 0.1) is 12.1 Å². The number of ether oxygens (including phenoxy) is 3. The predicted octanol–water partition coefficient (Wildman–Crippen LogP) is 4.00. The molecule has 0 unspecified atom stereocenters. The quantitative estimate of drug-likeness (QED) is 0.517. The molecule has 0 radical (unpaired) electrons. The lowest BCUT2D eigenvalue weighted by atomic mass is 10.1. The molecule has 2 heterocycles. The molecule has 2 aromatic carbocycles. The largest absolute Gasteiger partial charge is 0.467 e. The summed E-state index contributed by atoms with van der Waals surface area (Å²) in [6, 6.07) is 12.2. The molecule has 0 fully saturated rings. The van der Waals surface area contributed by atoms with E-state index in [1.165, 1.54) is 18.2 Å². The van der Waals surface area contributed by atoms with Crippen LogP contribution in [0.2, 0.25) is 0 Å². The summed E-state index contributed by atoms with van der Waals surface area (Å²) in [5.41, 5.74) is 2.69. The number of nitrogens with zero attached hydrogens (tertiary/aromatic N) is 1. The van der Waals surface area contributed by atoms with E-state index in [4.69, 9.17) is 14.2 Å². The van der Waals surface area contributed by atoms with Crippen LogP contribution in [0, 0.1) is 5.82 Å². The molecule has 3 aromatic rings. The van der Waals surface area contributed by atoms with Gasteiger partial charge in [0.15, 0.2) is 6.79 Å². The van der Waals surface area contributed by atoms with Gasteiger partial charge in [0.25, 0.3) is 0 Å². The lowest BCUT2D eigenvalue weighted by Gasteiger charge is -2.20. The maximum absolute atomic E-state index is 13.7. The summed E-state index contributed by atoms with van der Waals surface area (Å²) in [4.78, 5) is 16.4. The zero-order chi connectivity index (χ0) is 18.6. The van der Waals surface area contributed by atoms with Gasteiger partial charge in [-0.25, -0.2) is 9.18 Å². The second kappa shape index (κ2) is 7.55. The Kier molecular flexibility index (Phi) is 4.80. The number of esters is 1. The van der Waals surface area contributed by atoms with Crippen molar-refractivity contribution in [2.45, 2.75) is 13.2 Å². The number of rotatable bonds is 4. The van der Waals surface area contributed by atoms with Gasteiger partial charge in [0.1, 0.15) is 18.2 Å². The molecule has 1 aliphatic rings. The number of carbonyl (C=O) groups is 1. The van der Waals surface area contributed by atoms with Crippen molar-refractivity contribution >= 4 is 22.9 Å². The van der Waals surface area contributed by atoms with Crippen LogP contribution in [-0.2, 0) is 27.5 Å². The number of halogens is 1. The zero-order valence-electron chi connectivity index (χ0n) is 14.4. The van der Waals surface area contributed by atoms with Crippen molar-refractivity contribution in [2.75, 3.05) is 6.79 Å². The number of hydrogen-bond donors (Lipinski definition) is 0. The summed E-state index contributed by atoms with van der Waals surface area (Å²) in [6.07, 6.45) is 4.69. The van der Waals surface area contributed by atoms with Crippen LogP contribution in [0.25, 0.3) is 17.0 Å². The number of para-hydroxylation sites is 1. The number of benzene rings is 2. The zero-order valence-corrected chi connectivity index (χ0v) is 14.4. The third-order valence-electron chi connectivity index (χ3n) is 4.18. The topological polar surface area (TPSA) is 57.7 Å². The Morgan fingerprint density at radius 1 is 1.26 bits per heavy atom. The number of carbonyl (C=O) groups excluding carboxylic acids is 1. The first-order chi connectivity index (χ1) is 13.2. The van der Waals surface area contributed by atoms with Crippen LogP contribution in [0.3, 0.4) is 0 Å². The van der Waals surface area contributed by atoms with Crippen molar-refractivity contribution in [3.05, 3.63) is 77.2 Å². The molecule has 27 heavy (non-hydrogen) atoms. The highest BCUT2D eigenvalue weighted by atomic mass is 19.1. The lowest BCUT2D eigenvalue weighted by Crippen LogP contribution is -2.14. The first-order valence-electron chi connectivity index (χ1n) is 8.41. The van der Waals surface area contributed by atoms with Crippen molar-refractivity contribution in [3.63, 3.8) is 0 Å². The van der Waals surface area contributed by atoms with Gasteiger partial charge in [0, 0.05) is 34.3 Å². The molecule has 1 aliphatic heterocycles. The minimum Gasteiger partial charge on any atom is -0.467 e. The molecule has 6 heteroatoms. The maximum atomic E-state index is 13.7. The number of aromatic nitrogens is 1. The fourth-order valence-corrected chi connectivity index (χ4v) is 2.98. The van der Waals surface area contributed by atoms with Gasteiger partial charge < -0.3 is 14.2 Å². The fourth-order valence-electron chi connectivity index (χ4n) is 2.98. The molecule has 0 spiro atoms. The predicted molar refractivity (Wildman–Crippen MR) is 97.3 cm³/mol. The molecule has 0 amide bonds. The Morgan fingerprint density at radius 2 is 2.15 bits per heavy atom. The molecular weight excluding hydrogens is 349 g/mol. The number of pyridine rings is 1. The van der Waals surface area contributed by atoms with E-state index >= 15 is 0 Å². The van der Waals surface area contributed by atoms with E-state index in [-0.39, 0.29) is 20.0 Å². The van der Waals surface area contributed by atoms with E-state index in [0.29, 0.717) is 16.9 Å². The molecule has 5 nitrogen and oxygen atoms in total. The Morgan fingerprint density at radius 3 is 3.07 bits per heavy atom. The molecule has 0 aliphatic carbocycles. The second-order valence-corrected chi connectivity index (χ2v) is 6.03. The van der Waals surface area contributed by atoms with E-state index in [2.05, 4.69) is 4.98 Å². The van der Waals surface area contributed by atoms with Crippen LogP contribution >= 0.6 is 0 Å². The summed E-state index contributed by atoms with van der Waals surface area (Å²) in [6.45, 7) is 0.270. The molecule has 136 valence electrons. The Balaban J connectivity index is 1.47. The highest BCUT2D eigenvalue weighted by molar-refractivity contribution is 5.92. The SMILES string of the molecule is O=C(/C=C\c1cccc2cccnc12)OCc1cc(F)cc2c1OCOC2. The van der Waals surface area contributed by atoms with Crippen LogP contribution in [0.1, 0.15) is 16.7 Å². The average molecular weight is 365 g/mol. The minimum atomic E-state index is -0.534. The highest BCUT2D eigenvalue weighted by Gasteiger charge is 2.17. The van der Waals surface area contributed by atoms with Crippen LogP contribution in [-0.4, -0.2) is 17.7 Å². The average Bonchev–Trinajstić information content (AvgIpc) is 2.70. The summed E-state index contributed by atoms with van der Waals surface area (Å²) >= 11 is 0. The molecule has 1 aromatic heterocycles. The van der Waals surface area contributed by atoms with Gasteiger partial charge >= 0.3 is 5.97 Å². The van der Waals surface area contributed by atoms with E-state index in [9.17, 15) is 9.18 Å². The van der Waals surface area contributed by atoms with E-state index in [0.717, 1.165) is 16.5 Å². The van der Waals surface area contributed by atoms with Crippen molar-refractivity contribution in [1.29, 1.82) is 0 Å². The molecule has 4 rings (SSSR count). The van der Waals surface area contributed by atoms with Gasteiger partial charge in [-0.2, -0.15) is 0 Å². The van der Waals surface area contributed by atoms with Crippen LogP contribution in [0.15, 0.2) is 54.7 Å². The van der Waals surface area contributed by atoms with Crippen LogP contribution in [0.4, 0.5) is 4.39 Å². The number of hydrogen-bond acceptors (Lipinski definition) is 5. The maximum Gasteiger partial charge on any atom is 0.331 e. The molecule has 0 atom stereocenters. The molecular formula is C21H16FNO4. The van der Waals surface area contributed by atoms with Crippen molar-refractivity contribution < 1.29 is 23.4 Å². The minimum absolute atomic E-state index is 0.0863. The molecule has 0 N–H and O–H groups in total. The Hall–Kier alpha value is -3.25. The summed E-state index contributed by atoms with van der Waals surface area (Å²) in [5.74, 6) is -0.447. The van der Waals surface area contributed by atoms with Gasteiger partial charge in [-0.05, 0) is 24.3 Å². The summed E-state index contributed by atoms with van der Waals surface area (Å²) < 4.78 is 29.5. The lowest BCUT2D eigenvalue weighted by molar-refractivity contribution is -0.139. The third-order valence-corrected chi connectivity index (χ3v) is 4.18. The normalized spacial score (nSPS) is 13.4. The van der Waals surface area contributed by atoms with E-state index in [1.807, 2.05) is 30.3 Å². The van der Waals surface area contributed by atoms with E-state index in [1.54, 1.807) is 12.3 Å². The first kappa shape index (κ1) is 17.2. The Labute approximate surface area is 155 Å². The standard InChI is InChI=1S/C21H16FNO4/c22-18-9-16-11-25-13-27-21(16)17(10-18)12-26-19(24)7-6-15-4-1-3-14-5-2-8-23-20(14)15/h1-10H,11-13H2/b7-6-. The fraction of sp³-hybridized carbons (Fsp3) is 0.143. The summed E-state index contributed by atoms with van der Waals surface area (Å²) in [5, 5.41) is 0.985. The van der Waals surface area contributed by atoms with Crippen molar-refractivity contribution in [3.8, 4) is 5.75 Å². The Bertz CT molecular complexity index is 1030. The van der Waals surface area contributed by atoms with Crippen molar-refractivity contribution in [1.82, 2.24) is 4.98 Å². The molecule has 0 saturated carbocycles. The van der Waals surface area contributed by atoms with Crippen LogP contribution in [0.5, 0.6) is 5.75 Å². The number of fused-ring (bicyclic) bond motifs is 2. The van der Waals surface area contributed by atoms with Crippen LogP contribution < -0.4 is 4.74 Å². The van der Waals surface area contributed by atoms with E-state index < -0.39 is 11.8 Å². The monoisotopic (exact) mass is 365 g/mol. The molecule has 0 saturated heterocycles. The first-order valence-corrected chi connectivity index (χ1v) is 8.41. The third kappa shape index (κ3) is 3.80. The molecule has 0 bridgehead atoms.